The molecule has 0 bridgehead atoms. The topological polar surface area (TPSA) is 107 Å². The second kappa shape index (κ2) is 10.2. The minimum absolute atomic E-state index is 0.0429. The number of nitrogens with one attached hydrogen (secondary N) is 1. The molecule has 0 radical (unpaired) electrons. The number of halogens is 3. The molecule has 1 saturated heterocycles. The van der Waals surface area contributed by atoms with E-state index in [4.69, 9.17) is 0 Å². The average Bonchev–Trinajstić information content (AvgIpc) is 3.34. The van der Waals surface area contributed by atoms with Crippen molar-refractivity contribution in [1.82, 2.24) is 14.5 Å². The van der Waals surface area contributed by atoms with Crippen molar-refractivity contribution in [2.24, 2.45) is 11.8 Å². The molecule has 3 rings (SSSR count). The number of carbonyl (C=O) groups excluding carboxylic acids is 1. The first-order valence-corrected chi connectivity index (χ1v) is 13.5. The zero-order valence-electron chi connectivity index (χ0n) is 20.9. The molecule has 202 valence electrons. The molecule has 1 unspecified atom stereocenters. The summed E-state index contributed by atoms with van der Waals surface area (Å²) in [5.41, 5.74) is -1.83. The molecule has 2 aliphatic rings. The van der Waals surface area contributed by atoms with Crippen molar-refractivity contribution < 1.29 is 36.3 Å². The van der Waals surface area contributed by atoms with Crippen LogP contribution in [0.25, 0.3) is 0 Å². The Kier molecular flexibility index (Phi) is 8.00. The molecule has 2 amide bonds. The zero-order valence-corrected chi connectivity index (χ0v) is 21.7. The highest BCUT2D eigenvalue weighted by Gasteiger charge is 2.48. The molecule has 8 nitrogen and oxygen atoms in total. The summed E-state index contributed by atoms with van der Waals surface area (Å²) in [5, 5.41) is 12.7. The van der Waals surface area contributed by atoms with Crippen LogP contribution in [0.3, 0.4) is 0 Å². The summed E-state index contributed by atoms with van der Waals surface area (Å²) in [6, 6.07) is 2.46. The Bertz CT molecular complexity index is 1090. The minimum atomic E-state index is -4.66. The number of carboxylic acid groups (broad SMARTS) is 1. The molecular formula is C24H34F3N3O5S. The molecule has 1 saturated carbocycles. The average molecular weight is 534 g/mol. The van der Waals surface area contributed by atoms with E-state index in [9.17, 15) is 36.3 Å². The fourth-order valence-electron chi connectivity index (χ4n) is 5.40. The maximum atomic E-state index is 13.2. The van der Waals surface area contributed by atoms with Crippen LogP contribution in [0.4, 0.5) is 18.0 Å². The number of carbonyl (C=O) groups is 2. The highest BCUT2D eigenvalue weighted by atomic mass is 32.2. The van der Waals surface area contributed by atoms with Gasteiger partial charge in [0.25, 0.3) is 0 Å². The van der Waals surface area contributed by atoms with Crippen molar-refractivity contribution in [3.8, 4) is 0 Å². The minimum Gasteiger partial charge on any atom is -0.465 e. The van der Waals surface area contributed by atoms with Crippen LogP contribution in [0.15, 0.2) is 29.2 Å². The molecule has 2 N–H and O–H groups in total. The van der Waals surface area contributed by atoms with E-state index in [0.29, 0.717) is 31.7 Å². The first-order chi connectivity index (χ1) is 16.6. The molecule has 0 spiro atoms. The van der Waals surface area contributed by atoms with Crippen molar-refractivity contribution in [3.63, 3.8) is 0 Å². The fraction of sp³-hybridized carbons (Fsp3) is 0.667. The number of hydrogen-bond donors (Lipinski definition) is 2. The van der Waals surface area contributed by atoms with Crippen molar-refractivity contribution in [2.45, 2.75) is 82.1 Å². The third-order valence-electron chi connectivity index (χ3n) is 7.06. The zero-order chi connectivity index (χ0) is 27.1. The van der Waals surface area contributed by atoms with Crippen LogP contribution < -0.4 is 5.32 Å². The van der Waals surface area contributed by atoms with Crippen molar-refractivity contribution >= 4 is 22.0 Å². The van der Waals surface area contributed by atoms with Crippen LogP contribution >= 0.6 is 0 Å². The van der Waals surface area contributed by atoms with Gasteiger partial charge >= 0.3 is 12.3 Å². The summed E-state index contributed by atoms with van der Waals surface area (Å²) in [6.45, 7) is 7.26. The van der Waals surface area contributed by atoms with Crippen LogP contribution in [0.1, 0.15) is 58.9 Å². The number of fused-ring (bicyclic) bond motifs is 1. The maximum Gasteiger partial charge on any atom is 0.416 e. The summed E-state index contributed by atoms with van der Waals surface area (Å²) < 4.78 is 66.8. The Hall–Kier alpha value is -2.34. The van der Waals surface area contributed by atoms with Gasteiger partial charge < -0.3 is 10.4 Å². The molecule has 1 aliphatic carbocycles. The number of hydrogen-bond acceptors (Lipinski definition) is 4. The van der Waals surface area contributed by atoms with Crippen LogP contribution in [0.5, 0.6) is 0 Å². The van der Waals surface area contributed by atoms with Gasteiger partial charge in [-0.1, -0.05) is 19.4 Å². The normalized spacial score (nSPS) is 23.8. The molecule has 1 heterocycles. The van der Waals surface area contributed by atoms with E-state index in [1.54, 1.807) is 20.8 Å². The molecule has 4 atom stereocenters. The van der Waals surface area contributed by atoms with E-state index in [2.05, 4.69) is 5.32 Å². The highest BCUT2D eigenvalue weighted by Crippen LogP contribution is 2.41. The largest absolute Gasteiger partial charge is 0.465 e. The summed E-state index contributed by atoms with van der Waals surface area (Å²) in [6.07, 6.45) is -3.64. The van der Waals surface area contributed by atoms with Gasteiger partial charge in [-0.05, 0) is 70.1 Å². The van der Waals surface area contributed by atoms with Gasteiger partial charge in [0.1, 0.15) is 6.04 Å². The quantitative estimate of drug-likeness (QED) is 0.547. The van der Waals surface area contributed by atoms with Gasteiger partial charge in [-0.25, -0.2) is 13.2 Å². The third-order valence-corrected chi connectivity index (χ3v) is 8.88. The van der Waals surface area contributed by atoms with Crippen LogP contribution in [-0.2, 0) is 21.0 Å². The van der Waals surface area contributed by atoms with E-state index >= 15 is 0 Å². The number of alkyl halides is 3. The number of nitrogens with zero attached hydrogens (tertiary/aromatic N) is 2. The van der Waals surface area contributed by atoms with Gasteiger partial charge in [0.2, 0.25) is 15.9 Å². The molecular weight excluding hydrogens is 499 g/mol. The Morgan fingerprint density at radius 1 is 1.19 bits per heavy atom. The first kappa shape index (κ1) is 28.2. The van der Waals surface area contributed by atoms with Gasteiger partial charge in [0.15, 0.2) is 0 Å². The number of rotatable bonds is 7. The summed E-state index contributed by atoms with van der Waals surface area (Å²) in [7, 11) is -4.15. The van der Waals surface area contributed by atoms with E-state index in [0.717, 1.165) is 23.1 Å². The van der Waals surface area contributed by atoms with Gasteiger partial charge in [-0.15, -0.1) is 0 Å². The Labute approximate surface area is 209 Å². The molecule has 36 heavy (non-hydrogen) atoms. The standard InChI is InChI=1S/C24H34F3N3O5S/c1-5-7-20(30(22(32)33)23(2,3)4)21(31)28-19-11-10-15-13-29(14-18(15)19)36(34,35)17-9-6-8-16(12-17)24(25,26)27/h6,8-9,12,15,18-20H,5,7,10-11,13-14H2,1-4H3,(H,28,31)(H,32,33)/t15-,18+,19+,20?/m1/s1. The van der Waals surface area contributed by atoms with Crippen LogP contribution in [0, 0.1) is 11.8 Å². The van der Waals surface area contributed by atoms with Gasteiger partial charge in [0, 0.05) is 24.7 Å². The predicted octanol–water partition coefficient (Wildman–Crippen LogP) is 4.17. The van der Waals surface area contributed by atoms with Gasteiger partial charge in [-0.3, -0.25) is 9.69 Å². The summed E-state index contributed by atoms with van der Waals surface area (Å²) in [5.74, 6) is -0.664. The molecule has 1 aliphatic heterocycles. The van der Waals surface area contributed by atoms with Gasteiger partial charge in [-0.2, -0.15) is 17.5 Å². The van der Waals surface area contributed by atoms with E-state index < -0.39 is 50.2 Å². The fourth-order valence-corrected chi connectivity index (χ4v) is 6.98. The lowest BCUT2D eigenvalue weighted by atomic mass is 9.96. The smallest absolute Gasteiger partial charge is 0.416 e. The van der Waals surface area contributed by atoms with E-state index in [1.165, 1.54) is 4.31 Å². The lowest BCUT2D eigenvalue weighted by Crippen LogP contribution is -2.58. The van der Waals surface area contributed by atoms with Crippen LogP contribution in [0.2, 0.25) is 0 Å². The molecule has 0 aromatic heterocycles. The van der Waals surface area contributed by atoms with Crippen LogP contribution in [-0.4, -0.2) is 65.4 Å². The lowest BCUT2D eigenvalue weighted by molar-refractivity contribution is -0.137. The molecule has 2 fully saturated rings. The Morgan fingerprint density at radius 2 is 1.86 bits per heavy atom. The lowest BCUT2D eigenvalue weighted by Gasteiger charge is -2.39. The maximum absolute atomic E-state index is 13.2. The second-order valence-electron chi connectivity index (χ2n) is 10.6. The Morgan fingerprint density at radius 3 is 2.42 bits per heavy atom. The van der Waals surface area contributed by atoms with Gasteiger partial charge in [0.05, 0.1) is 10.5 Å². The van der Waals surface area contributed by atoms with E-state index in [1.807, 2.05) is 6.92 Å². The first-order valence-electron chi connectivity index (χ1n) is 12.1. The molecule has 12 heteroatoms. The molecule has 1 aromatic carbocycles. The Balaban J connectivity index is 1.76. The summed E-state index contributed by atoms with van der Waals surface area (Å²) >= 11 is 0. The molecule has 1 aromatic rings. The van der Waals surface area contributed by atoms with Crippen molar-refractivity contribution in [1.29, 1.82) is 0 Å². The number of amides is 2. The van der Waals surface area contributed by atoms with E-state index in [-0.39, 0.29) is 31.0 Å². The monoisotopic (exact) mass is 533 g/mol. The van der Waals surface area contributed by atoms with Crippen molar-refractivity contribution in [2.75, 3.05) is 13.1 Å². The number of sulfonamides is 1. The second-order valence-corrected chi connectivity index (χ2v) is 12.5. The summed E-state index contributed by atoms with van der Waals surface area (Å²) in [4.78, 5) is 25.9. The third kappa shape index (κ3) is 5.80. The predicted molar refractivity (Wildman–Crippen MR) is 127 cm³/mol. The number of benzene rings is 1. The highest BCUT2D eigenvalue weighted by molar-refractivity contribution is 7.89. The van der Waals surface area contributed by atoms with Crippen molar-refractivity contribution in [3.05, 3.63) is 29.8 Å². The SMILES string of the molecule is CCCC(C(=O)N[C@H]1CC[C@@H]2CN(S(=O)(=O)c3cccc(C(F)(F)F)c3)C[C@@H]21)N(C(=O)O)C(C)(C)C.